The molecule has 0 fully saturated rings. The summed E-state index contributed by atoms with van der Waals surface area (Å²) in [4.78, 5) is 0.121. The number of hydrogen-bond acceptors (Lipinski definition) is 14. The molecule has 0 saturated heterocycles. The van der Waals surface area contributed by atoms with Crippen molar-refractivity contribution in [3.05, 3.63) is 30.3 Å². The van der Waals surface area contributed by atoms with E-state index in [-0.39, 0.29) is 18.1 Å². The average Bonchev–Trinajstić information content (AvgIpc) is 3.13. The number of unbranched alkanes of at least 4 members (excludes halogenated alkanes) is 3. The Morgan fingerprint density at radius 2 is 0.640 bits per heavy atom. The summed E-state index contributed by atoms with van der Waals surface area (Å²) in [5.74, 6) is 0. The summed E-state index contributed by atoms with van der Waals surface area (Å²) in [5.41, 5.74) is 0. The molecule has 0 amide bonds. The van der Waals surface area contributed by atoms with E-state index in [1.165, 1.54) is 35.8 Å². The van der Waals surface area contributed by atoms with Gasteiger partial charge in [0.1, 0.15) is 0 Å². The van der Waals surface area contributed by atoms with Gasteiger partial charge in [0.2, 0.25) is 0 Å². The summed E-state index contributed by atoms with van der Waals surface area (Å²) in [6, 6.07) is 7.99. The fraction of sp³-hybridized carbons (Fsp3) is 0.824. The molecule has 294 valence electrons. The van der Waals surface area contributed by atoms with Crippen LogP contribution in [-0.4, -0.2) is 165 Å². The van der Waals surface area contributed by atoms with Crippen LogP contribution in [0.3, 0.4) is 0 Å². The quantitative estimate of drug-likeness (QED) is 0.0410. The van der Waals surface area contributed by atoms with Gasteiger partial charge in [-0.1, -0.05) is 53.6 Å². The molecule has 0 spiro atoms. The molecule has 0 N–H and O–H groups in total. The maximum Gasteiger partial charge on any atom is 0.297 e. The summed E-state index contributed by atoms with van der Waals surface area (Å²) < 4.78 is 90.2. The second-order valence-electron chi connectivity index (χ2n) is 10.4. The van der Waals surface area contributed by atoms with Gasteiger partial charge in [-0.15, -0.1) is 0 Å². The van der Waals surface area contributed by atoms with Crippen LogP contribution in [-0.2, 0) is 66.4 Å². The first-order chi connectivity index (χ1) is 24.7. The highest BCUT2D eigenvalue weighted by atomic mass is 127. The molecule has 0 aliphatic heterocycles. The van der Waals surface area contributed by atoms with Gasteiger partial charge in [0.05, 0.1) is 150 Å². The van der Waals surface area contributed by atoms with Crippen LogP contribution in [0.4, 0.5) is 0 Å². The van der Waals surface area contributed by atoms with Crippen molar-refractivity contribution in [1.82, 2.24) is 0 Å². The molecule has 0 aliphatic rings. The van der Waals surface area contributed by atoms with Gasteiger partial charge >= 0.3 is 0 Å². The fourth-order valence-electron chi connectivity index (χ4n) is 3.81. The van der Waals surface area contributed by atoms with Crippen LogP contribution in [0.25, 0.3) is 0 Å². The standard InChI is InChI=1S/C34H61IO14S/c35-10-6-1-2-7-11-38-12-13-39-14-15-40-16-17-41-18-19-42-20-21-43-22-23-44-24-25-45-26-27-46-28-29-47-30-31-48-32-33-49-50(36,37)34-8-4-3-5-9-34/h3-5,8-9H,1-2,6-7,10-33H2. The van der Waals surface area contributed by atoms with Crippen LogP contribution in [0, 0.1) is 0 Å². The predicted octanol–water partition coefficient (Wildman–Crippen LogP) is 3.57. The summed E-state index contributed by atoms with van der Waals surface area (Å²) in [6.07, 6.45) is 4.95. The van der Waals surface area contributed by atoms with Crippen molar-refractivity contribution in [1.29, 1.82) is 0 Å². The Bertz CT molecular complexity index is 916. The molecule has 0 unspecified atom stereocenters. The van der Waals surface area contributed by atoms with Crippen molar-refractivity contribution in [3.8, 4) is 0 Å². The summed E-state index contributed by atoms with van der Waals surface area (Å²) in [5, 5.41) is 0. The van der Waals surface area contributed by atoms with Crippen LogP contribution in [0.1, 0.15) is 25.7 Å². The predicted molar refractivity (Wildman–Crippen MR) is 196 cm³/mol. The maximum atomic E-state index is 12.0. The summed E-state index contributed by atoms with van der Waals surface area (Å²) in [7, 11) is -3.76. The van der Waals surface area contributed by atoms with E-state index in [0.29, 0.717) is 132 Å². The maximum absolute atomic E-state index is 12.0. The zero-order valence-electron chi connectivity index (χ0n) is 29.7. The molecular weight excluding hydrogens is 791 g/mol. The van der Waals surface area contributed by atoms with Gasteiger partial charge in [0.15, 0.2) is 0 Å². The second-order valence-corrected chi connectivity index (χ2v) is 13.1. The van der Waals surface area contributed by atoms with Gasteiger partial charge in [-0.25, -0.2) is 0 Å². The lowest BCUT2D eigenvalue weighted by atomic mass is 10.2. The molecular formula is C34H61IO14S. The molecule has 0 bridgehead atoms. The number of rotatable bonds is 41. The minimum Gasteiger partial charge on any atom is -0.379 e. The Hall–Kier alpha value is -0.580. The second kappa shape index (κ2) is 38.2. The molecule has 0 atom stereocenters. The lowest BCUT2D eigenvalue weighted by Crippen LogP contribution is -2.16. The molecule has 1 rings (SSSR count). The van der Waals surface area contributed by atoms with Crippen molar-refractivity contribution in [3.63, 3.8) is 0 Å². The first kappa shape index (κ1) is 47.4. The Labute approximate surface area is 313 Å². The third-order valence-corrected chi connectivity index (χ3v) is 8.48. The van der Waals surface area contributed by atoms with Crippen molar-refractivity contribution in [2.45, 2.75) is 30.6 Å². The lowest BCUT2D eigenvalue weighted by molar-refractivity contribution is -0.0277. The van der Waals surface area contributed by atoms with E-state index in [1.807, 2.05) is 0 Å². The SMILES string of the molecule is O=S(=O)(OCCOCCOCCOCCOCCOCCOCCOCCOCCOCCOCCOCCCCCCI)c1ccccc1. The van der Waals surface area contributed by atoms with Crippen molar-refractivity contribution in [2.75, 3.05) is 156 Å². The number of ether oxygens (including phenoxy) is 11. The van der Waals surface area contributed by atoms with Crippen LogP contribution in [0.5, 0.6) is 0 Å². The van der Waals surface area contributed by atoms with Crippen LogP contribution < -0.4 is 0 Å². The number of benzene rings is 1. The normalized spacial score (nSPS) is 11.9. The minimum atomic E-state index is -3.76. The molecule has 0 aromatic heterocycles. The molecule has 50 heavy (non-hydrogen) atoms. The highest BCUT2D eigenvalue weighted by Crippen LogP contribution is 2.10. The third kappa shape index (κ3) is 33.3. The van der Waals surface area contributed by atoms with Crippen molar-refractivity contribution >= 4 is 32.7 Å². The van der Waals surface area contributed by atoms with E-state index in [4.69, 9.17) is 56.3 Å². The van der Waals surface area contributed by atoms with E-state index >= 15 is 0 Å². The highest BCUT2D eigenvalue weighted by Gasteiger charge is 2.13. The fourth-order valence-corrected chi connectivity index (χ4v) is 5.26. The molecule has 0 saturated carbocycles. The zero-order valence-corrected chi connectivity index (χ0v) is 32.7. The van der Waals surface area contributed by atoms with Gasteiger partial charge in [-0.05, 0) is 29.4 Å². The number of hydrogen-bond donors (Lipinski definition) is 0. The van der Waals surface area contributed by atoms with Gasteiger partial charge in [0.25, 0.3) is 10.1 Å². The van der Waals surface area contributed by atoms with E-state index < -0.39 is 10.1 Å². The zero-order chi connectivity index (χ0) is 35.9. The first-order valence-electron chi connectivity index (χ1n) is 17.5. The molecule has 0 radical (unpaired) electrons. The van der Waals surface area contributed by atoms with Gasteiger partial charge in [-0.3, -0.25) is 4.18 Å². The Morgan fingerprint density at radius 1 is 0.360 bits per heavy atom. The number of halogens is 1. The number of alkyl halides is 1. The molecule has 14 nitrogen and oxygen atoms in total. The molecule has 1 aromatic carbocycles. The van der Waals surface area contributed by atoms with Crippen LogP contribution >= 0.6 is 22.6 Å². The van der Waals surface area contributed by atoms with Gasteiger partial charge in [-0.2, -0.15) is 8.42 Å². The summed E-state index contributed by atoms with van der Waals surface area (Å²) in [6.45, 7) is 10.7. The average molecular weight is 853 g/mol. The smallest absolute Gasteiger partial charge is 0.297 e. The van der Waals surface area contributed by atoms with E-state index in [2.05, 4.69) is 22.6 Å². The van der Waals surface area contributed by atoms with E-state index in [9.17, 15) is 8.42 Å². The monoisotopic (exact) mass is 852 g/mol. The lowest BCUT2D eigenvalue weighted by Gasteiger charge is -2.09. The molecule has 16 heteroatoms. The Morgan fingerprint density at radius 3 is 0.960 bits per heavy atom. The summed E-state index contributed by atoms with van der Waals surface area (Å²) >= 11 is 2.42. The van der Waals surface area contributed by atoms with E-state index in [0.717, 1.165) is 13.0 Å². The molecule has 0 aliphatic carbocycles. The Balaban J connectivity index is 1.64. The van der Waals surface area contributed by atoms with Gasteiger partial charge in [0, 0.05) is 6.61 Å². The van der Waals surface area contributed by atoms with E-state index in [1.54, 1.807) is 18.2 Å². The highest BCUT2D eigenvalue weighted by molar-refractivity contribution is 14.1. The topological polar surface area (TPSA) is 145 Å². The van der Waals surface area contributed by atoms with Crippen molar-refractivity contribution < 1.29 is 64.7 Å². The molecule has 0 heterocycles. The van der Waals surface area contributed by atoms with Crippen LogP contribution in [0.2, 0.25) is 0 Å². The largest absolute Gasteiger partial charge is 0.379 e. The third-order valence-electron chi connectivity index (χ3n) is 6.39. The van der Waals surface area contributed by atoms with Gasteiger partial charge < -0.3 is 52.1 Å². The Kier molecular flexibility index (Phi) is 36.2. The van der Waals surface area contributed by atoms with Crippen molar-refractivity contribution in [2.24, 2.45) is 0 Å². The minimum absolute atomic E-state index is 0.0577. The first-order valence-corrected chi connectivity index (χ1v) is 20.5. The molecule has 1 aromatic rings. The van der Waals surface area contributed by atoms with Crippen LogP contribution in [0.15, 0.2) is 35.2 Å².